The molecule has 4 nitrogen and oxygen atoms in total. The lowest BCUT2D eigenvalue weighted by Crippen LogP contribution is -1.92. The van der Waals surface area contributed by atoms with E-state index in [0.717, 1.165) is 29.4 Å². The van der Waals surface area contributed by atoms with Gasteiger partial charge in [-0.25, -0.2) is 0 Å². The van der Waals surface area contributed by atoms with E-state index in [0.29, 0.717) is 0 Å². The van der Waals surface area contributed by atoms with Crippen LogP contribution >= 0.6 is 0 Å². The Morgan fingerprint density at radius 3 is 2.64 bits per heavy atom. The summed E-state index contributed by atoms with van der Waals surface area (Å²) in [5.41, 5.74) is 1.04. The SMILES string of the molecule is COc1cc2c(cc1[C@H]1CO1)OCO2. The molecular formula is C10H10O4. The first-order valence-corrected chi connectivity index (χ1v) is 4.47. The lowest BCUT2D eigenvalue weighted by atomic mass is 10.1. The molecule has 0 saturated carbocycles. The largest absolute Gasteiger partial charge is 0.496 e. The fourth-order valence-electron chi connectivity index (χ4n) is 1.60. The van der Waals surface area contributed by atoms with E-state index < -0.39 is 0 Å². The van der Waals surface area contributed by atoms with Crippen LogP contribution in [0, 0.1) is 0 Å². The Labute approximate surface area is 81.3 Å². The maximum atomic E-state index is 5.28. The summed E-state index contributed by atoms with van der Waals surface area (Å²) in [6, 6.07) is 3.78. The van der Waals surface area contributed by atoms with E-state index in [4.69, 9.17) is 18.9 Å². The van der Waals surface area contributed by atoms with Crippen molar-refractivity contribution in [3.63, 3.8) is 0 Å². The summed E-state index contributed by atoms with van der Waals surface area (Å²) >= 11 is 0. The van der Waals surface area contributed by atoms with Gasteiger partial charge in [0.25, 0.3) is 0 Å². The molecule has 4 heteroatoms. The number of hydrogen-bond donors (Lipinski definition) is 0. The minimum atomic E-state index is 0.166. The molecule has 0 radical (unpaired) electrons. The minimum Gasteiger partial charge on any atom is -0.496 e. The Balaban J connectivity index is 2.08. The summed E-state index contributed by atoms with van der Waals surface area (Å²) in [4.78, 5) is 0. The van der Waals surface area contributed by atoms with Crippen LogP contribution in [-0.4, -0.2) is 20.5 Å². The second kappa shape index (κ2) is 2.78. The highest BCUT2D eigenvalue weighted by Crippen LogP contribution is 2.44. The van der Waals surface area contributed by atoms with E-state index in [1.54, 1.807) is 7.11 Å². The number of hydrogen-bond acceptors (Lipinski definition) is 4. The number of methoxy groups -OCH3 is 1. The average Bonchev–Trinajstić information content (AvgIpc) is 2.95. The first kappa shape index (κ1) is 7.94. The number of epoxide rings is 1. The number of ether oxygens (including phenoxy) is 4. The molecule has 2 heterocycles. The van der Waals surface area contributed by atoms with Crippen molar-refractivity contribution in [3.8, 4) is 17.2 Å². The zero-order valence-corrected chi connectivity index (χ0v) is 7.78. The van der Waals surface area contributed by atoms with Gasteiger partial charge in [-0.15, -0.1) is 0 Å². The molecule has 0 spiro atoms. The van der Waals surface area contributed by atoms with Crippen molar-refractivity contribution in [2.24, 2.45) is 0 Å². The second-order valence-corrected chi connectivity index (χ2v) is 3.27. The number of fused-ring (bicyclic) bond motifs is 1. The zero-order valence-electron chi connectivity index (χ0n) is 7.78. The predicted molar refractivity (Wildman–Crippen MR) is 47.8 cm³/mol. The van der Waals surface area contributed by atoms with Crippen molar-refractivity contribution in [3.05, 3.63) is 17.7 Å². The van der Waals surface area contributed by atoms with Gasteiger partial charge in [0.1, 0.15) is 11.9 Å². The molecule has 0 aromatic heterocycles. The second-order valence-electron chi connectivity index (χ2n) is 3.27. The Bertz CT molecular complexity index is 371. The maximum Gasteiger partial charge on any atom is 0.231 e. The molecule has 0 unspecified atom stereocenters. The van der Waals surface area contributed by atoms with Gasteiger partial charge in [-0.05, 0) is 6.07 Å². The van der Waals surface area contributed by atoms with E-state index in [2.05, 4.69) is 0 Å². The molecule has 2 aliphatic rings. The third-order valence-corrected chi connectivity index (χ3v) is 2.41. The molecule has 1 fully saturated rings. The molecule has 0 amide bonds. The van der Waals surface area contributed by atoms with Gasteiger partial charge in [0.15, 0.2) is 11.5 Å². The molecule has 2 aliphatic heterocycles. The molecule has 0 aliphatic carbocycles. The molecule has 1 atom stereocenters. The fraction of sp³-hybridized carbons (Fsp3) is 0.400. The van der Waals surface area contributed by atoms with Crippen LogP contribution < -0.4 is 14.2 Å². The van der Waals surface area contributed by atoms with Crippen molar-refractivity contribution >= 4 is 0 Å². The van der Waals surface area contributed by atoms with Crippen LogP contribution in [0.3, 0.4) is 0 Å². The Morgan fingerprint density at radius 2 is 2.00 bits per heavy atom. The Hall–Kier alpha value is -1.42. The molecule has 1 saturated heterocycles. The third-order valence-electron chi connectivity index (χ3n) is 2.41. The minimum absolute atomic E-state index is 0.166. The summed E-state index contributed by atoms with van der Waals surface area (Å²) < 4.78 is 21.0. The van der Waals surface area contributed by atoms with Crippen LogP contribution in [0.15, 0.2) is 12.1 Å². The van der Waals surface area contributed by atoms with E-state index >= 15 is 0 Å². The van der Waals surface area contributed by atoms with Crippen LogP contribution in [0.5, 0.6) is 17.2 Å². The van der Waals surface area contributed by atoms with Crippen LogP contribution in [0.1, 0.15) is 11.7 Å². The topological polar surface area (TPSA) is 40.2 Å². The number of benzene rings is 1. The van der Waals surface area contributed by atoms with Gasteiger partial charge in [-0.1, -0.05) is 0 Å². The average molecular weight is 194 g/mol. The standard InChI is InChI=1S/C10H10O4/c1-11-7-3-9-8(13-5-14-9)2-6(7)10-4-12-10/h2-3,10H,4-5H2,1H3/t10-/m1/s1. The molecule has 1 aromatic rings. The van der Waals surface area contributed by atoms with Gasteiger partial charge in [-0.3, -0.25) is 0 Å². The molecule has 1 aromatic carbocycles. The Morgan fingerprint density at radius 1 is 1.29 bits per heavy atom. The third kappa shape index (κ3) is 1.11. The van der Waals surface area contributed by atoms with Crippen LogP contribution in [0.2, 0.25) is 0 Å². The van der Waals surface area contributed by atoms with Gasteiger partial charge in [-0.2, -0.15) is 0 Å². The van der Waals surface area contributed by atoms with E-state index in [-0.39, 0.29) is 12.9 Å². The van der Waals surface area contributed by atoms with Crippen LogP contribution in [0.4, 0.5) is 0 Å². The molecule has 14 heavy (non-hydrogen) atoms. The van der Waals surface area contributed by atoms with E-state index in [1.807, 2.05) is 12.1 Å². The maximum absolute atomic E-state index is 5.28. The normalized spacial score (nSPS) is 22.2. The van der Waals surface area contributed by atoms with Gasteiger partial charge in [0, 0.05) is 11.6 Å². The summed E-state index contributed by atoms with van der Waals surface area (Å²) in [5.74, 6) is 2.32. The van der Waals surface area contributed by atoms with Crippen molar-refractivity contribution in [1.82, 2.24) is 0 Å². The van der Waals surface area contributed by atoms with Crippen molar-refractivity contribution in [2.75, 3.05) is 20.5 Å². The van der Waals surface area contributed by atoms with Gasteiger partial charge >= 0.3 is 0 Å². The summed E-state index contributed by atoms with van der Waals surface area (Å²) in [5, 5.41) is 0. The van der Waals surface area contributed by atoms with Gasteiger partial charge < -0.3 is 18.9 Å². The lowest BCUT2D eigenvalue weighted by Gasteiger charge is -2.07. The van der Waals surface area contributed by atoms with Crippen LogP contribution in [0.25, 0.3) is 0 Å². The van der Waals surface area contributed by atoms with Gasteiger partial charge in [0.2, 0.25) is 6.79 Å². The summed E-state index contributed by atoms with van der Waals surface area (Å²) in [6.45, 7) is 1.05. The van der Waals surface area contributed by atoms with Crippen LogP contribution in [-0.2, 0) is 4.74 Å². The molecule has 0 N–H and O–H groups in total. The van der Waals surface area contributed by atoms with Crippen molar-refractivity contribution < 1.29 is 18.9 Å². The molecular weight excluding hydrogens is 184 g/mol. The summed E-state index contributed by atoms with van der Waals surface area (Å²) in [6.07, 6.45) is 0.166. The highest BCUT2D eigenvalue weighted by Gasteiger charge is 2.30. The first-order chi connectivity index (χ1) is 6.88. The quantitative estimate of drug-likeness (QED) is 0.669. The van der Waals surface area contributed by atoms with E-state index in [1.165, 1.54) is 0 Å². The van der Waals surface area contributed by atoms with Crippen molar-refractivity contribution in [2.45, 2.75) is 6.10 Å². The molecule has 74 valence electrons. The monoisotopic (exact) mass is 194 g/mol. The molecule has 0 bridgehead atoms. The predicted octanol–water partition coefficient (Wildman–Crippen LogP) is 1.50. The Kier molecular flexibility index (Phi) is 1.58. The smallest absolute Gasteiger partial charge is 0.231 e. The summed E-state index contributed by atoms with van der Waals surface area (Å²) in [7, 11) is 1.64. The number of rotatable bonds is 2. The zero-order chi connectivity index (χ0) is 9.54. The highest BCUT2D eigenvalue weighted by atomic mass is 16.7. The lowest BCUT2D eigenvalue weighted by molar-refractivity contribution is 0.174. The fourth-order valence-corrected chi connectivity index (χ4v) is 1.60. The highest BCUT2D eigenvalue weighted by molar-refractivity contribution is 5.53. The van der Waals surface area contributed by atoms with Crippen molar-refractivity contribution in [1.29, 1.82) is 0 Å². The first-order valence-electron chi connectivity index (χ1n) is 4.47. The van der Waals surface area contributed by atoms with Gasteiger partial charge in [0.05, 0.1) is 13.7 Å². The van der Waals surface area contributed by atoms with E-state index in [9.17, 15) is 0 Å². The molecule has 3 rings (SSSR count).